The normalized spacial score (nSPS) is 25.6. The number of alkyl carbamates (subject to hydrolysis) is 1. The maximum Gasteiger partial charge on any atom is 0.410 e. The van der Waals surface area contributed by atoms with Crippen LogP contribution in [0.4, 0.5) is 19.7 Å². The van der Waals surface area contributed by atoms with Gasteiger partial charge in [0.2, 0.25) is 21.8 Å². The first-order chi connectivity index (χ1) is 27.8. The fraction of sp³-hybridized carbons (Fsp3) is 0.513. The lowest BCUT2D eigenvalue weighted by atomic mass is 10.1. The minimum Gasteiger partial charge on any atom is -0.464 e. The Bertz CT molecular complexity index is 2160. The van der Waals surface area contributed by atoms with E-state index in [0.29, 0.717) is 11.1 Å². The van der Waals surface area contributed by atoms with E-state index in [4.69, 9.17) is 14.2 Å². The maximum atomic E-state index is 14.7. The van der Waals surface area contributed by atoms with Crippen LogP contribution in [0.1, 0.15) is 64.5 Å². The number of halogens is 1. The summed E-state index contributed by atoms with van der Waals surface area (Å²) in [5.41, 5.74) is -2.27. The number of carbonyl (C=O) groups is 5. The van der Waals surface area contributed by atoms with Crippen LogP contribution in [-0.4, -0.2) is 113 Å². The van der Waals surface area contributed by atoms with E-state index < -0.39 is 103 Å². The molecule has 2 aromatic carbocycles. The molecule has 4 aliphatic rings. The second-order valence-electron chi connectivity index (χ2n) is 15.8. The van der Waals surface area contributed by atoms with Gasteiger partial charge in [0.15, 0.2) is 4.90 Å². The predicted octanol–water partition coefficient (Wildman–Crippen LogP) is 3.53. The minimum atomic E-state index is -4.60. The maximum absolute atomic E-state index is 14.7. The van der Waals surface area contributed by atoms with Gasteiger partial charge >= 0.3 is 18.2 Å². The summed E-state index contributed by atoms with van der Waals surface area (Å²) < 4.78 is 60.4. The summed E-state index contributed by atoms with van der Waals surface area (Å²) in [6, 6.07) is 6.43. The molecule has 2 N–H and O–H groups in total. The Morgan fingerprint density at radius 2 is 1.83 bits per heavy atom. The van der Waals surface area contributed by atoms with Crippen molar-refractivity contribution >= 4 is 45.7 Å². The lowest BCUT2D eigenvalue weighted by Gasteiger charge is -2.31. The number of nitro benzene ring substituents is 1. The number of para-hydroxylation sites is 1. The molecular formula is C39H47FN6O12S. The number of rotatable bonds is 7. The van der Waals surface area contributed by atoms with Crippen LogP contribution < -0.4 is 10.6 Å². The van der Waals surface area contributed by atoms with E-state index in [1.54, 1.807) is 45.9 Å². The largest absolute Gasteiger partial charge is 0.464 e. The first kappa shape index (κ1) is 43.0. The molecule has 59 heavy (non-hydrogen) atoms. The van der Waals surface area contributed by atoms with Crippen molar-refractivity contribution in [3.05, 3.63) is 81.7 Å². The summed E-state index contributed by atoms with van der Waals surface area (Å²) in [7, 11) is -4.60. The summed E-state index contributed by atoms with van der Waals surface area (Å²) >= 11 is 0. The summed E-state index contributed by atoms with van der Waals surface area (Å²) in [6.07, 6.45) is -0.0797. The van der Waals surface area contributed by atoms with E-state index in [1.807, 2.05) is 0 Å². The predicted molar refractivity (Wildman–Crippen MR) is 205 cm³/mol. The van der Waals surface area contributed by atoms with Crippen LogP contribution in [0.2, 0.25) is 0 Å². The van der Waals surface area contributed by atoms with Gasteiger partial charge in [-0.25, -0.2) is 27.2 Å². The topological polar surface area (TPSA) is 224 Å². The monoisotopic (exact) mass is 842 g/mol. The second kappa shape index (κ2) is 16.9. The van der Waals surface area contributed by atoms with Crippen molar-refractivity contribution in [1.29, 1.82) is 0 Å². The van der Waals surface area contributed by atoms with Gasteiger partial charge in [0, 0.05) is 43.6 Å². The average Bonchev–Trinajstić information content (AvgIpc) is 3.45. The fourth-order valence-corrected chi connectivity index (χ4v) is 9.22. The molecule has 0 aromatic heterocycles. The van der Waals surface area contributed by atoms with Crippen LogP contribution in [0.3, 0.4) is 0 Å². The number of sulfonamides is 1. The van der Waals surface area contributed by atoms with Crippen molar-refractivity contribution in [3.63, 3.8) is 0 Å². The summed E-state index contributed by atoms with van der Waals surface area (Å²) in [4.78, 5) is 81.9. The fourth-order valence-electron chi connectivity index (χ4n) is 7.59. The van der Waals surface area contributed by atoms with E-state index >= 15 is 0 Å². The van der Waals surface area contributed by atoms with Crippen molar-refractivity contribution < 1.29 is 55.9 Å². The molecule has 0 bridgehead atoms. The summed E-state index contributed by atoms with van der Waals surface area (Å²) in [6.45, 7) is 5.38. The number of ether oxygens (including phenoxy) is 3. The number of benzene rings is 2. The molecule has 3 aliphatic heterocycles. The van der Waals surface area contributed by atoms with Crippen molar-refractivity contribution in [2.45, 2.75) is 101 Å². The zero-order chi connectivity index (χ0) is 42.9. The quantitative estimate of drug-likeness (QED) is 0.134. The molecule has 2 aromatic rings. The van der Waals surface area contributed by atoms with Gasteiger partial charge in [0.05, 0.1) is 24.6 Å². The molecule has 318 valence electrons. The molecule has 0 radical (unpaired) electrons. The molecule has 1 saturated heterocycles. The molecule has 2 fully saturated rings. The smallest absolute Gasteiger partial charge is 0.410 e. The summed E-state index contributed by atoms with van der Waals surface area (Å²) in [5, 5.41) is 17.2. The molecule has 18 nitrogen and oxygen atoms in total. The zero-order valence-corrected chi connectivity index (χ0v) is 33.9. The Morgan fingerprint density at radius 3 is 2.53 bits per heavy atom. The standard InChI is InChI=1S/C39H47FN6O12S/c1-5-56-35(49)39-20-25(39)12-8-9-17-44(59(54,55)32-15-7-6-14-30(32)46(52)53)18-16-29(41-36(50)58-38(2,3)4)34(48)45-22-26(19-31(45)33(47)42-39)57-37(51)43-21-24-11-10-13-28(40)27(24)23-43/h6-8,10-15,25-26,29,31H,5,9,16-23H2,1-4H3,(H,41,50)(H,42,47)/b12-8-/t25-,26-,29+,31+,39-/m1/s1. The summed E-state index contributed by atoms with van der Waals surface area (Å²) in [5.74, 6) is -3.40. The molecule has 6 rings (SSSR count). The zero-order valence-electron chi connectivity index (χ0n) is 33.1. The number of carbonyl (C=O) groups excluding carboxylic acids is 5. The van der Waals surface area contributed by atoms with E-state index in [2.05, 4.69) is 10.6 Å². The highest BCUT2D eigenvalue weighted by atomic mass is 32.2. The Balaban J connectivity index is 1.35. The van der Waals surface area contributed by atoms with Crippen molar-refractivity contribution in [1.82, 2.24) is 24.7 Å². The van der Waals surface area contributed by atoms with Gasteiger partial charge in [-0.1, -0.05) is 36.4 Å². The third-order valence-corrected chi connectivity index (χ3v) is 12.5. The molecule has 1 aliphatic carbocycles. The molecule has 3 heterocycles. The van der Waals surface area contributed by atoms with Gasteiger partial charge in [0.25, 0.3) is 5.69 Å². The van der Waals surface area contributed by atoms with Gasteiger partial charge in [-0.2, -0.15) is 4.31 Å². The molecule has 20 heteroatoms. The van der Waals surface area contributed by atoms with E-state index in [0.717, 1.165) is 21.3 Å². The third-order valence-electron chi connectivity index (χ3n) is 10.6. The Kier molecular flexibility index (Phi) is 12.3. The highest BCUT2D eigenvalue weighted by Crippen LogP contribution is 2.46. The average molecular weight is 843 g/mol. The first-order valence-electron chi connectivity index (χ1n) is 19.3. The van der Waals surface area contributed by atoms with Crippen molar-refractivity contribution in [3.8, 4) is 0 Å². The minimum absolute atomic E-state index is 0.000319. The number of hydrogen-bond donors (Lipinski definition) is 2. The van der Waals surface area contributed by atoms with E-state index in [1.165, 1.54) is 29.2 Å². The van der Waals surface area contributed by atoms with Crippen molar-refractivity contribution in [2.24, 2.45) is 5.92 Å². The van der Waals surface area contributed by atoms with Gasteiger partial charge in [-0.15, -0.1) is 0 Å². The number of nitrogens with one attached hydrogen (secondary N) is 2. The van der Waals surface area contributed by atoms with E-state index in [-0.39, 0.29) is 58.5 Å². The van der Waals surface area contributed by atoms with Gasteiger partial charge in [-0.3, -0.25) is 24.6 Å². The number of fused-ring (bicyclic) bond motifs is 3. The highest BCUT2D eigenvalue weighted by Gasteiger charge is 2.62. The van der Waals surface area contributed by atoms with Gasteiger partial charge in [0.1, 0.15) is 35.1 Å². The molecule has 0 unspecified atom stereocenters. The van der Waals surface area contributed by atoms with Crippen LogP contribution >= 0.6 is 0 Å². The third kappa shape index (κ3) is 9.32. The van der Waals surface area contributed by atoms with Crippen LogP contribution in [0.15, 0.2) is 59.5 Å². The van der Waals surface area contributed by atoms with Crippen LogP contribution in [-0.2, 0) is 51.7 Å². The number of nitro groups is 1. The number of amides is 4. The molecule has 5 atom stereocenters. The number of hydrogen-bond acceptors (Lipinski definition) is 12. The van der Waals surface area contributed by atoms with Crippen LogP contribution in [0.5, 0.6) is 0 Å². The molecule has 1 saturated carbocycles. The lowest BCUT2D eigenvalue weighted by Crippen LogP contribution is -2.57. The molecular weight excluding hydrogens is 796 g/mol. The van der Waals surface area contributed by atoms with Gasteiger partial charge < -0.3 is 29.7 Å². The Morgan fingerprint density at radius 1 is 1.08 bits per heavy atom. The van der Waals surface area contributed by atoms with Crippen LogP contribution in [0, 0.1) is 21.8 Å². The number of nitrogens with zero attached hydrogens (tertiary/aromatic N) is 4. The lowest BCUT2D eigenvalue weighted by molar-refractivity contribution is -0.387. The molecule has 4 amide bonds. The first-order valence-corrected chi connectivity index (χ1v) is 20.7. The SMILES string of the molecule is CCOC(=O)[C@@]12C[C@H]1/C=C\CCN(S(=O)(=O)c1ccccc1[N+](=O)[O-])CC[C@H](NC(=O)OC(C)(C)C)C(=O)N1C[C@H](OC(=O)N3Cc4cccc(F)c4C3)C[C@H]1C(=O)N2. The molecule has 0 spiro atoms. The second-order valence-corrected chi connectivity index (χ2v) is 17.7. The van der Waals surface area contributed by atoms with E-state index in [9.17, 15) is 46.9 Å². The van der Waals surface area contributed by atoms with Crippen LogP contribution in [0.25, 0.3) is 0 Å². The highest BCUT2D eigenvalue weighted by molar-refractivity contribution is 7.89. The Labute approximate surface area is 340 Å². The van der Waals surface area contributed by atoms with Gasteiger partial charge in [-0.05, 0) is 64.7 Å². The van der Waals surface area contributed by atoms with Crippen molar-refractivity contribution in [2.75, 3.05) is 26.2 Å². The Hall–Kier alpha value is -5.63. The number of esters is 1.